The molecule has 0 heterocycles. The summed E-state index contributed by atoms with van der Waals surface area (Å²) in [6.07, 6.45) is 0. The summed E-state index contributed by atoms with van der Waals surface area (Å²) in [6.45, 7) is 0. The van der Waals surface area contributed by atoms with Crippen molar-refractivity contribution in [1.82, 2.24) is 0 Å². The topological polar surface area (TPSA) is 35.2 Å². The second-order valence-electron chi connectivity index (χ2n) is 3.65. The Morgan fingerprint density at radius 1 is 1.00 bits per heavy atom. The lowest BCUT2D eigenvalue weighted by Crippen LogP contribution is -2.11. The van der Waals surface area contributed by atoms with E-state index in [1.165, 1.54) is 0 Å². The third-order valence-electron chi connectivity index (χ3n) is 2.34. The van der Waals surface area contributed by atoms with E-state index in [0.29, 0.717) is 17.1 Å². The molecule has 19 heavy (non-hydrogen) atoms. The van der Waals surface area contributed by atoms with Gasteiger partial charge in [-0.25, -0.2) is 0 Å². The molecule has 98 valence electrons. The van der Waals surface area contributed by atoms with E-state index >= 15 is 0 Å². The zero-order valence-electron chi connectivity index (χ0n) is 9.49. The van der Waals surface area contributed by atoms with Crippen LogP contribution in [0.4, 0.5) is 0 Å². The van der Waals surface area contributed by atoms with E-state index in [1.807, 2.05) is 36.4 Å². The van der Waals surface area contributed by atoms with E-state index in [2.05, 4.69) is 47.8 Å². The second-order valence-corrected chi connectivity index (χ2v) is 6.72. The molecule has 0 fully saturated rings. The summed E-state index contributed by atoms with van der Waals surface area (Å²) in [5, 5.41) is 0. The Kier molecular flexibility index (Phi) is 5.00. The molecule has 0 radical (unpaired) electrons. The van der Waals surface area contributed by atoms with Crippen molar-refractivity contribution in [3.8, 4) is 11.5 Å². The fourth-order valence-electron chi connectivity index (χ4n) is 1.50. The van der Waals surface area contributed by atoms with E-state index in [0.717, 1.165) is 13.4 Å². The first-order valence-electron chi connectivity index (χ1n) is 5.20. The Hall–Kier alpha value is -0.430. The van der Waals surface area contributed by atoms with Crippen molar-refractivity contribution in [3.63, 3.8) is 0 Å². The predicted octanol–water partition coefficient (Wildman–Crippen LogP) is 5.40. The van der Waals surface area contributed by atoms with Crippen LogP contribution in [0.1, 0.15) is 5.56 Å². The van der Waals surface area contributed by atoms with Gasteiger partial charge in [0.15, 0.2) is 0 Å². The van der Waals surface area contributed by atoms with Crippen molar-refractivity contribution >= 4 is 65.0 Å². The average molecular weight is 466 g/mol. The highest BCUT2D eigenvalue weighted by atomic mass is 79.9. The molecule has 0 aliphatic rings. The lowest BCUT2D eigenvalue weighted by atomic mass is 10.2. The van der Waals surface area contributed by atoms with E-state index in [4.69, 9.17) is 22.7 Å². The molecule has 0 spiro atoms. The van der Waals surface area contributed by atoms with Crippen molar-refractivity contribution in [1.29, 1.82) is 0 Å². The van der Waals surface area contributed by atoms with Crippen molar-refractivity contribution in [2.45, 2.75) is 0 Å². The fraction of sp³-hybridized carbons (Fsp3) is 0. The molecule has 0 aliphatic carbocycles. The molecule has 0 bridgehead atoms. The van der Waals surface area contributed by atoms with Crippen LogP contribution in [0.3, 0.4) is 0 Å². The monoisotopic (exact) mass is 463 g/mol. The molecule has 2 nitrogen and oxygen atoms in total. The van der Waals surface area contributed by atoms with Crippen molar-refractivity contribution in [2.75, 3.05) is 0 Å². The number of thiocarbonyl (C=S) groups is 1. The quantitative estimate of drug-likeness (QED) is 0.616. The number of hydrogen-bond acceptors (Lipinski definition) is 2. The molecule has 0 aliphatic heterocycles. The van der Waals surface area contributed by atoms with Gasteiger partial charge in [0, 0.05) is 8.95 Å². The highest BCUT2D eigenvalue weighted by molar-refractivity contribution is 9.11. The molecule has 0 unspecified atom stereocenters. The third-order valence-corrected chi connectivity index (χ3v) is 4.31. The first-order valence-corrected chi connectivity index (χ1v) is 7.99. The summed E-state index contributed by atoms with van der Waals surface area (Å²) in [4.78, 5) is 0.288. The van der Waals surface area contributed by atoms with Gasteiger partial charge in [-0.3, -0.25) is 0 Å². The zero-order valence-corrected chi connectivity index (χ0v) is 15.1. The summed E-state index contributed by atoms with van der Waals surface area (Å²) in [5.41, 5.74) is 6.42. The van der Waals surface area contributed by atoms with Crippen LogP contribution in [0.25, 0.3) is 0 Å². The Balaban J connectivity index is 2.44. The number of ether oxygens (including phenoxy) is 1. The molecule has 0 atom stereocenters. The lowest BCUT2D eigenvalue weighted by molar-refractivity contribution is 0.478. The fourth-order valence-corrected chi connectivity index (χ4v) is 3.54. The summed E-state index contributed by atoms with van der Waals surface area (Å²) >= 11 is 15.3. The van der Waals surface area contributed by atoms with E-state index < -0.39 is 0 Å². The molecule has 2 aromatic rings. The summed E-state index contributed by atoms with van der Waals surface area (Å²) in [7, 11) is 0. The summed E-state index contributed by atoms with van der Waals surface area (Å²) in [5.74, 6) is 1.31. The van der Waals surface area contributed by atoms with Gasteiger partial charge >= 0.3 is 0 Å². The van der Waals surface area contributed by atoms with Gasteiger partial charge in [0.25, 0.3) is 0 Å². The lowest BCUT2D eigenvalue weighted by Gasteiger charge is -2.13. The van der Waals surface area contributed by atoms with Crippen LogP contribution in [0.5, 0.6) is 11.5 Å². The van der Waals surface area contributed by atoms with Crippen LogP contribution < -0.4 is 10.5 Å². The highest BCUT2D eigenvalue weighted by Crippen LogP contribution is 2.35. The maximum atomic E-state index is 5.87. The number of rotatable bonds is 3. The van der Waals surface area contributed by atoms with Crippen molar-refractivity contribution in [3.05, 3.63) is 55.4 Å². The maximum absolute atomic E-state index is 5.87. The maximum Gasteiger partial charge on any atom is 0.141 e. The van der Waals surface area contributed by atoms with Gasteiger partial charge < -0.3 is 10.5 Å². The molecule has 2 rings (SSSR count). The van der Waals surface area contributed by atoms with Crippen LogP contribution in [0.15, 0.2) is 49.8 Å². The molecule has 6 heteroatoms. The largest absolute Gasteiger partial charge is 0.455 e. The van der Waals surface area contributed by atoms with Gasteiger partial charge in [0.05, 0.1) is 10.0 Å². The molecule has 0 saturated heterocycles. The van der Waals surface area contributed by atoms with E-state index in [-0.39, 0.29) is 4.99 Å². The normalized spacial score (nSPS) is 10.3. The van der Waals surface area contributed by atoms with Gasteiger partial charge in [-0.1, -0.05) is 34.2 Å². The SMILES string of the molecule is NC(=S)c1c(Br)cccc1Oc1ccc(Br)cc1Br. The predicted molar refractivity (Wildman–Crippen MR) is 91.9 cm³/mol. The van der Waals surface area contributed by atoms with Gasteiger partial charge in [-0.2, -0.15) is 0 Å². The average Bonchev–Trinajstić information content (AvgIpc) is 2.32. The Morgan fingerprint density at radius 3 is 2.37 bits per heavy atom. The number of hydrogen-bond donors (Lipinski definition) is 1. The highest BCUT2D eigenvalue weighted by Gasteiger charge is 2.12. The van der Waals surface area contributed by atoms with Crippen LogP contribution in [0.2, 0.25) is 0 Å². The van der Waals surface area contributed by atoms with Crippen LogP contribution in [-0.4, -0.2) is 4.99 Å². The van der Waals surface area contributed by atoms with Crippen LogP contribution in [0, 0.1) is 0 Å². The van der Waals surface area contributed by atoms with Gasteiger partial charge in [-0.15, -0.1) is 0 Å². The minimum absolute atomic E-state index is 0.288. The van der Waals surface area contributed by atoms with Crippen LogP contribution in [-0.2, 0) is 0 Å². The van der Waals surface area contributed by atoms with Gasteiger partial charge in [0.1, 0.15) is 16.5 Å². The molecule has 0 amide bonds. The standard InChI is InChI=1S/C13H8Br3NOS/c14-7-4-5-10(9(16)6-7)18-11-3-1-2-8(15)12(11)13(17)19/h1-6H,(H2,17,19). The van der Waals surface area contributed by atoms with E-state index in [9.17, 15) is 0 Å². The minimum Gasteiger partial charge on any atom is -0.455 e. The zero-order chi connectivity index (χ0) is 14.0. The molecular formula is C13H8Br3NOS. The van der Waals surface area contributed by atoms with Crippen LogP contribution >= 0.6 is 60.0 Å². The number of nitrogens with two attached hydrogens (primary N) is 1. The molecule has 2 N–H and O–H groups in total. The third kappa shape index (κ3) is 3.56. The molecular weight excluding hydrogens is 458 g/mol. The Labute approximate surface area is 141 Å². The number of halogens is 3. The van der Waals surface area contributed by atoms with Gasteiger partial charge in [0.2, 0.25) is 0 Å². The number of benzene rings is 2. The molecule has 2 aromatic carbocycles. The summed E-state index contributed by atoms with van der Waals surface area (Å²) < 4.78 is 8.49. The molecule has 0 saturated carbocycles. The minimum atomic E-state index is 0.288. The second kappa shape index (κ2) is 6.35. The molecule has 0 aromatic heterocycles. The van der Waals surface area contributed by atoms with Crippen molar-refractivity contribution in [2.24, 2.45) is 5.73 Å². The van der Waals surface area contributed by atoms with Crippen molar-refractivity contribution < 1.29 is 4.74 Å². The smallest absolute Gasteiger partial charge is 0.141 e. The first kappa shape index (κ1) is 15.0. The van der Waals surface area contributed by atoms with Gasteiger partial charge in [-0.05, 0) is 62.2 Å². The van der Waals surface area contributed by atoms with E-state index in [1.54, 1.807) is 0 Å². The summed E-state index contributed by atoms with van der Waals surface area (Å²) in [6, 6.07) is 11.2. The Morgan fingerprint density at radius 2 is 1.74 bits per heavy atom. The Bertz CT molecular complexity index is 646. The first-order chi connectivity index (χ1) is 8.99.